The Morgan fingerprint density at radius 2 is 2.09 bits per heavy atom. The van der Waals surface area contributed by atoms with Crippen LogP contribution in [0.2, 0.25) is 0 Å². The molecule has 0 radical (unpaired) electrons. The normalized spacial score (nSPS) is 11.6. The van der Waals surface area contributed by atoms with Gasteiger partial charge in [0, 0.05) is 10.3 Å². The van der Waals surface area contributed by atoms with Crippen molar-refractivity contribution in [3.63, 3.8) is 0 Å². The number of aryl methyl sites for hydroxylation is 1. The molecule has 0 unspecified atom stereocenters. The lowest BCUT2D eigenvalue weighted by Gasteiger charge is -2.05. The predicted molar refractivity (Wildman–Crippen MR) is 35.7 cm³/mol. The quantitative estimate of drug-likeness (QED) is 0.648. The highest BCUT2D eigenvalue weighted by molar-refractivity contribution is 7.10. The van der Waals surface area contributed by atoms with E-state index in [9.17, 15) is 13.2 Å². The van der Waals surface area contributed by atoms with Crippen LogP contribution in [0.4, 0.5) is 13.2 Å². The van der Waals surface area contributed by atoms with Gasteiger partial charge in [-0.05, 0) is 13.0 Å². The second-order valence-electron chi connectivity index (χ2n) is 1.94. The van der Waals surface area contributed by atoms with Gasteiger partial charge in [-0.2, -0.15) is 0 Å². The van der Waals surface area contributed by atoms with Gasteiger partial charge in [-0.3, -0.25) is 0 Å². The maximum atomic E-state index is 11.5. The average Bonchev–Trinajstić information content (AvgIpc) is 2.10. The van der Waals surface area contributed by atoms with E-state index < -0.39 is 6.36 Å². The molecule has 1 heterocycles. The van der Waals surface area contributed by atoms with Crippen molar-refractivity contribution < 1.29 is 17.9 Å². The van der Waals surface area contributed by atoms with Crippen LogP contribution in [0.5, 0.6) is 5.75 Å². The third-order valence-corrected chi connectivity index (χ3v) is 1.78. The van der Waals surface area contributed by atoms with Crippen LogP contribution in [0.25, 0.3) is 0 Å². The first-order valence-electron chi connectivity index (χ1n) is 2.78. The van der Waals surface area contributed by atoms with E-state index in [-0.39, 0.29) is 5.75 Å². The Morgan fingerprint density at radius 3 is 2.45 bits per heavy atom. The Labute approximate surface area is 65.4 Å². The largest absolute Gasteiger partial charge is 0.573 e. The molecule has 0 N–H and O–H groups in total. The van der Waals surface area contributed by atoms with Crippen molar-refractivity contribution in [3.8, 4) is 5.75 Å². The summed E-state index contributed by atoms with van der Waals surface area (Å²) in [5, 5.41) is 1.32. The summed E-state index contributed by atoms with van der Waals surface area (Å²) in [6.07, 6.45) is -4.58. The SMILES string of the molecule is Cc1cc(OC(F)(F)F)cs1. The Kier molecular flexibility index (Phi) is 2.08. The van der Waals surface area contributed by atoms with E-state index in [1.54, 1.807) is 6.92 Å². The molecular weight excluding hydrogens is 177 g/mol. The van der Waals surface area contributed by atoms with E-state index in [2.05, 4.69) is 4.74 Å². The fraction of sp³-hybridized carbons (Fsp3) is 0.333. The molecule has 1 aromatic rings. The summed E-state index contributed by atoms with van der Waals surface area (Å²) in [6, 6.07) is 1.35. The lowest BCUT2D eigenvalue weighted by Crippen LogP contribution is -2.16. The van der Waals surface area contributed by atoms with Crippen LogP contribution in [0.15, 0.2) is 11.4 Å². The summed E-state index contributed by atoms with van der Waals surface area (Å²) in [7, 11) is 0. The van der Waals surface area contributed by atoms with Crippen molar-refractivity contribution in [2.45, 2.75) is 13.3 Å². The number of halogens is 3. The van der Waals surface area contributed by atoms with Gasteiger partial charge in [0.2, 0.25) is 0 Å². The standard InChI is InChI=1S/C6H5F3OS/c1-4-2-5(3-11-4)10-6(7,8)9/h2-3H,1H3. The number of hydrogen-bond donors (Lipinski definition) is 0. The van der Waals surface area contributed by atoms with Crippen LogP contribution >= 0.6 is 11.3 Å². The lowest BCUT2D eigenvalue weighted by molar-refractivity contribution is -0.274. The lowest BCUT2D eigenvalue weighted by atomic mass is 10.5. The van der Waals surface area contributed by atoms with E-state index in [1.165, 1.54) is 22.8 Å². The van der Waals surface area contributed by atoms with Gasteiger partial charge >= 0.3 is 6.36 Å². The first-order valence-corrected chi connectivity index (χ1v) is 3.66. The van der Waals surface area contributed by atoms with E-state index >= 15 is 0 Å². The smallest absolute Gasteiger partial charge is 0.405 e. The van der Waals surface area contributed by atoms with Gasteiger partial charge in [0.1, 0.15) is 5.75 Å². The third kappa shape index (κ3) is 2.80. The molecule has 0 aliphatic heterocycles. The minimum absolute atomic E-state index is 0.139. The highest BCUT2D eigenvalue weighted by Crippen LogP contribution is 2.26. The zero-order valence-corrected chi connectivity index (χ0v) is 6.42. The van der Waals surface area contributed by atoms with Crippen molar-refractivity contribution in [1.82, 2.24) is 0 Å². The summed E-state index contributed by atoms with van der Waals surface area (Å²) < 4.78 is 38.2. The molecule has 0 saturated carbocycles. The van der Waals surface area contributed by atoms with Crippen molar-refractivity contribution in [2.24, 2.45) is 0 Å². The zero-order chi connectivity index (χ0) is 8.48. The zero-order valence-electron chi connectivity index (χ0n) is 5.61. The highest BCUT2D eigenvalue weighted by Gasteiger charge is 2.31. The van der Waals surface area contributed by atoms with E-state index in [0.717, 1.165) is 4.88 Å². The molecule has 0 fully saturated rings. The van der Waals surface area contributed by atoms with Crippen molar-refractivity contribution in [1.29, 1.82) is 0 Å². The van der Waals surface area contributed by atoms with Crippen LogP contribution in [0.3, 0.4) is 0 Å². The Morgan fingerprint density at radius 1 is 1.45 bits per heavy atom. The fourth-order valence-electron chi connectivity index (χ4n) is 0.607. The monoisotopic (exact) mass is 182 g/mol. The predicted octanol–water partition coefficient (Wildman–Crippen LogP) is 2.96. The van der Waals surface area contributed by atoms with E-state index in [4.69, 9.17) is 0 Å². The maximum Gasteiger partial charge on any atom is 0.573 e. The second-order valence-corrected chi connectivity index (χ2v) is 3.06. The van der Waals surface area contributed by atoms with Crippen molar-refractivity contribution in [3.05, 3.63) is 16.3 Å². The topological polar surface area (TPSA) is 9.23 Å². The molecule has 1 nitrogen and oxygen atoms in total. The minimum Gasteiger partial charge on any atom is -0.405 e. The summed E-state index contributed by atoms with van der Waals surface area (Å²) in [5.74, 6) is -0.139. The van der Waals surface area contributed by atoms with Crippen molar-refractivity contribution >= 4 is 11.3 Å². The van der Waals surface area contributed by atoms with Crippen LogP contribution in [0, 0.1) is 6.92 Å². The van der Waals surface area contributed by atoms with Crippen LogP contribution < -0.4 is 4.74 Å². The first-order chi connectivity index (χ1) is 4.97. The van der Waals surface area contributed by atoms with Gasteiger partial charge in [-0.25, -0.2) is 0 Å². The number of thiophene rings is 1. The maximum absolute atomic E-state index is 11.5. The minimum atomic E-state index is -4.58. The molecule has 0 atom stereocenters. The molecule has 1 rings (SSSR count). The van der Waals surface area contributed by atoms with E-state index in [0.29, 0.717) is 0 Å². The Hall–Kier alpha value is -0.710. The van der Waals surface area contributed by atoms with Crippen LogP contribution in [0.1, 0.15) is 4.88 Å². The Bertz CT molecular complexity index is 240. The molecule has 0 aliphatic carbocycles. The highest BCUT2D eigenvalue weighted by atomic mass is 32.1. The molecule has 0 aromatic carbocycles. The summed E-state index contributed by atoms with van der Waals surface area (Å²) >= 11 is 1.22. The molecule has 5 heteroatoms. The van der Waals surface area contributed by atoms with Gasteiger partial charge in [0.05, 0.1) is 0 Å². The fourth-order valence-corrected chi connectivity index (χ4v) is 1.21. The average molecular weight is 182 g/mol. The molecule has 0 spiro atoms. The van der Waals surface area contributed by atoms with Gasteiger partial charge < -0.3 is 4.74 Å². The van der Waals surface area contributed by atoms with Gasteiger partial charge in [-0.1, -0.05) is 0 Å². The number of ether oxygens (including phenoxy) is 1. The molecule has 62 valence electrons. The first kappa shape index (κ1) is 8.39. The molecule has 0 aliphatic rings. The third-order valence-electron chi connectivity index (χ3n) is 0.940. The summed E-state index contributed by atoms with van der Waals surface area (Å²) in [5.41, 5.74) is 0. The number of alkyl halides is 3. The van der Waals surface area contributed by atoms with Crippen LogP contribution in [-0.4, -0.2) is 6.36 Å². The molecule has 0 saturated heterocycles. The van der Waals surface area contributed by atoms with E-state index in [1.807, 2.05) is 0 Å². The number of rotatable bonds is 1. The molecular formula is C6H5F3OS. The summed E-state index contributed by atoms with van der Waals surface area (Å²) in [4.78, 5) is 0.796. The van der Waals surface area contributed by atoms with Gasteiger partial charge in [0.25, 0.3) is 0 Å². The van der Waals surface area contributed by atoms with Gasteiger partial charge in [-0.15, -0.1) is 24.5 Å². The van der Waals surface area contributed by atoms with Crippen LogP contribution in [-0.2, 0) is 0 Å². The molecule has 0 bridgehead atoms. The second kappa shape index (κ2) is 2.73. The van der Waals surface area contributed by atoms with Gasteiger partial charge in [0.15, 0.2) is 0 Å². The summed E-state index contributed by atoms with van der Waals surface area (Å²) in [6.45, 7) is 1.72. The Balaban J connectivity index is 2.65. The number of hydrogen-bond acceptors (Lipinski definition) is 2. The van der Waals surface area contributed by atoms with Crippen molar-refractivity contribution in [2.75, 3.05) is 0 Å². The molecule has 11 heavy (non-hydrogen) atoms. The molecule has 0 amide bonds. The molecule has 1 aromatic heterocycles.